The fourth-order valence-electron chi connectivity index (χ4n) is 4.46. The first-order valence-corrected chi connectivity index (χ1v) is 10.8. The first-order valence-electron chi connectivity index (χ1n) is 10.8. The predicted molar refractivity (Wildman–Crippen MR) is 127 cm³/mol. The smallest absolute Gasteiger partial charge is 0.336 e. The van der Waals surface area contributed by atoms with E-state index in [1.807, 2.05) is 55.5 Å². The minimum atomic E-state index is -0.365. The summed E-state index contributed by atoms with van der Waals surface area (Å²) in [4.78, 5) is 14.5. The van der Waals surface area contributed by atoms with Gasteiger partial charge in [0.25, 0.3) is 0 Å². The maximum atomic E-state index is 12.3. The molecule has 1 aliphatic rings. The second-order valence-electron chi connectivity index (χ2n) is 8.16. The van der Waals surface area contributed by atoms with Gasteiger partial charge in [0.15, 0.2) is 11.5 Å². The zero-order valence-electron chi connectivity index (χ0n) is 18.9. The molecule has 1 aliphatic heterocycles. The summed E-state index contributed by atoms with van der Waals surface area (Å²) in [6.45, 7) is 3.80. The molecule has 0 atom stereocenters. The molecule has 0 spiro atoms. The number of hydrogen-bond acceptors (Lipinski definition) is 6. The van der Waals surface area contributed by atoms with Gasteiger partial charge in [-0.25, -0.2) is 4.79 Å². The van der Waals surface area contributed by atoms with Crippen molar-refractivity contribution in [3.05, 3.63) is 87.8 Å². The van der Waals surface area contributed by atoms with Crippen LogP contribution in [0.2, 0.25) is 0 Å². The van der Waals surface area contributed by atoms with Gasteiger partial charge < -0.3 is 18.6 Å². The highest BCUT2D eigenvalue weighted by Crippen LogP contribution is 2.38. The monoisotopic (exact) mass is 443 g/mol. The molecular formula is C27H25NO5. The second-order valence-corrected chi connectivity index (χ2v) is 8.16. The van der Waals surface area contributed by atoms with Gasteiger partial charge in [0.1, 0.15) is 18.1 Å². The number of ether oxygens (including phenoxy) is 3. The highest BCUT2D eigenvalue weighted by molar-refractivity contribution is 5.96. The van der Waals surface area contributed by atoms with Crippen molar-refractivity contribution in [3.8, 4) is 28.4 Å². The quantitative estimate of drug-likeness (QED) is 0.398. The van der Waals surface area contributed by atoms with Crippen LogP contribution in [0.5, 0.6) is 17.2 Å². The maximum absolute atomic E-state index is 12.3. The van der Waals surface area contributed by atoms with Gasteiger partial charge in [0.05, 0.1) is 14.2 Å². The molecule has 0 saturated heterocycles. The third-order valence-electron chi connectivity index (χ3n) is 6.02. The number of nitrogens with zero attached hydrogens (tertiary/aromatic N) is 1. The first kappa shape index (κ1) is 21.1. The number of aryl methyl sites for hydroxylation is 1. The standard InChI is InChI=1S/C27H25NO5/c1-17-26-20(12-22-21(13-25(29)33-27(17)22)19-7-5-4-6-8-19)15-28(16-32-26)14-18-9-10-23(30-2)24(11-18)31-3/h4-13H,14-16H2,1-3H3. The molecule has 0 bridgehead atoms. The van der Waals surface area contributed by atoms with Crippen LogP contribution in [-0.4, -0.2) is 25.9 Å². The molecule has 168 valence electrons. The zero-order valence-corrected chi connectivity index (χ0v) is 18.9. The zero-order chi connectivity index (χ0) is 22.9. The lowest BCUT2D eigenvalue weighted by Gasteiger charge is -2.30. The Balaban J connectivity index is 1.52. The average Bonchev–Trinajstić information content (AvgIpc) is 2.84. The van der Waals surface area contributed by atoms with Crippen molar-refractivity contribution in [1.82, 2.24) is 4.90 Å². The number of rotatable bonds is 5. The Morgan fingerprint density at radius 2 is 1.76 bits per heavy atom. The SMILES string of the molecule is COc1ccc(CN2COc3c(cc4c(-c5ccccc5)cc(=O)oc4c3C)C2)cc1OC. The number of hydrogen-bond donors (Lipinski definition) is 0. The van der Waals surface area contributed by atoms with Gasteiger partial charge in [0.2, 0.25) is 0 Å². The fourth-order valence-corrected chi connectivity index (χ4v) is 4.46. The molecule has 6 nitrogen and oxygen atoms in total. The number of fused-ring (bicyclic) bond motifs is 2. The minimum absolute atomic E-state index is 0.365. The molecule has 0 saturated carbocycles. The Morgan fingerprint density at radius 1 is 0.970 bits per heavy atom. The van der Waals surface area contributed by atoms with E-state index in [9.17, 15) is 4.79 Å². The normalized spacial score (nSPS) is 13.4. The Hall–Kier alpha value is -3.77. The van der Waals surface area contributed by atoms with Crippen molar-refractivity contribution in [2.45, 2.75) is 20.0 Å². The van der Waals surface area contributed by atoms with E-state index >= 15 is 0 Å². The summed E-state index contributed by atoms with van der Waals surface area (Å²) in [5.74, 6) is 2.20. The topological polar surface area (TPSA) is 61.1 Å². The van der Waals surface area contributed by atoms with Crippen LogP contribution >= 0.6 is 0 Å². The molecule has 0 N–H and O–H groups in total. The van der Waals surface area contributed by atoms with E-state index < -0.39 is 0 Å². The van der Waals surface area contributed by atoms with E-state index in [-0.39, 0.29) is 5.63 Å². The number of methoxy groups -OCH3 is 2. The van der Waals surface area contributed by atoms with Gasteiger partial charge in [-0.1, -0.05) is 36.4 Å². The van der Waals surface area contributed by atoms with Gasteiger partial charge in [0, 0.05) is 35.7 Å². The molecule has 33 heavy (non-hydrogen) atoms. The largest absolute Gasteiger partial charge is 0.493 e. The van der Waals surface area contributed by atoms with Crippen molar-refractivity contribution in [2.75, 3.05) is 21.0 Å². The summed E-state index contributed by atoms with van der Waals surface area (Å²) in [6.07, 6.45) is 0. The lowest BCUT2D eigenvalue weighted by atomic mass is 9.97. The second kappa shape index (κ2) is 8.64. The van der Waals surface area contributed by atoms with Gasteiger partial charge in [-0.15, -0.1) is 0 Å². The van der Waals surface area contributed by atoms with Crippen LogP contribution in [0.3, 0.4) is 0 Å². The lowest BCUT2D eigenvalue weighted by Crippen LogP contribution is -2.32. The Bertz CT molecular complexity index is 1380. The summed E-state index contributed by atoms with van der Waals surface area (Å²) in [7, 11) is 3.27. The average molecular weight is 443 g/mol. The molecule has 0 aliphatic carbocycles. The molecule has 6 heteroatoms. The Labute approximate surface area is 191 Å². The van der Waals surface area contributed by atoms with Crippen LogP contribution in [0.25, 0.3) is 22.1 Å². The van der Waals surface area contributed by atoms with Crippen molar-refractivity contribution in [3.63, 3.8) is 0 Å². The maximum Gasteiger partial charge on any atom is 0.336 e. The van der Waals surface area contributed by atoms with Crippen LogP contribution in [0.15, 0.2) is 69.9 Å². The van der Waals surface area contributed by atoms with E-state index in [2.05, 4.69) is 11.0 Å². The third kappa shape index (κ3) is 3.94. The highest BCUT2D eigenvalue weighted by Gasteiger charge is 2.24. The molecule has 5 rings (SSSR count). The van der Waals surface area contributed by atoms with Crippen LogP contribution in [0.4, 0.5) is 0 Å². The summed E-state index contributed by atoms with van der Waals surface area (Å²) < 4.78 is 22.5. The number of benzene rings is 3. The summed E-state index contributed by atoms with van der Waals surface area (Å²) in [5, 5.41) is 0.911. The molecule has 1 aromatic heterocycles. The first-order chi connectivity index (χ1) is 16.1. The van der Waals surface area contributed by atoms with E-state index in [1.54, 1.807) is 20.3 Å². The summed E-state index contributed by atoms with van der Waals surface area (Å²) in [5.41, 5.74) is 5.08. The van der Waals surface area contributed by atoms with Crippen molar-refractivity contribution in [1.29, 1.82) is 0 Å². The van der Waals surface area contributed by atoms with Gasteiger partial charge in [-0.05, 0) is 41.8 Å². The highest BCUT2D eigenvalue weighted by atomic mass is 16.5. The predicted octanol–water partition coefficient (Wildman–Crippen LogP) is 5.14. The van der Waals surface area contributed by atoms with E-state index in [4.69, 9.17) is 18.6 Å². The van der Waals surface area contributed by atoms with Gasteiger partial charge >= 0.3 is 5.63 Å². The molecule has 0 amide bonds. The molecule has 0 unspecified atom stereocenters. The molecule has 0 fully saturated rings. The van der Waals surface area contributed by atoms with Crippen molar-refractivity contribution < 1.29 is 18.6 Å². The fraction of sp³-hybridized carbons (Fsp3) is 0.222. The van der Waals surface area contributed by atoms with Crippen LogP contribution in [0.1, 0.15) is 16.7 Å². The van der Waals surface area contributed by atoms with E-state index in [0.717, 1.165) is 39.0 Å². The van der Waals surface area contributed by atoms with Crippen LogP contribution in [-0.2, 0) is 13.1 Å². The van der Waals surface area contributed by atoms with Gasteiger partial charge in [-0.3, -0.25) is 4.90 Å². The molecule has 0 radical (unpaired) electrons. The molecule has 3 aromatic carbocycles. The Morgan fingerprint density at radius 3 is 2.52 bits per heavy atom. The molecular weight excluding hydrogens is 418 g/mol. The third-order valence-corrected chi connectivity index (χ3v) is 6.02. The van der Waals surface area contributed by atoms with E-state index in [1.165, 1.54) is 0 Å². The minimum Gasteiger partial charge on any atom is -0.493 e. The Kier molecular flexibility index (Phi) is 5.52. The van der Waals surface area contributed by atoms with Crippen molar-refractivity contribution in [2.24, 2.45) is 0 Å². The molecule has 4 aromatic rings. The van der Waals surface area contributed by atoms with Gasteiger partial charge in [-0.2, -0.15) is 0 Å². The van der Waals surface area contributed by atoms with Crippen LogP contribution < -0.4 is 19.8 Å². The summed E-state index contributed by atoms with van der Waals surface area (Å²) >= 11 is 0. The molecule has 2 heterocycles. The van der Waals surface area contributed by atoms with E-state index in [0.29, 0.717) is 36.9 Å². The van der Waals surface area contributed by atoms with Crippen molar-refractivity contribution >= 4 is 11.0 Å². The summed E-state index contributed by atoms with van der Waals surface area (Å²) in [6, 6.07) is 19.5. The lowest BCUT2D eigenvalue weighted by molar-refractivity contribution is 0.0880. The van der Waals surface area contributed by atoms with Crippen LogP contribution in [0, 0.1) is 6.92 Å².